The minimum absolute atomic E-state index is 0.0811. The second kappa shape index (κ2) is 6.44. The van der Waals surface area contributed by atoms with Crippen molar-refractivity contribution in [3.8, 4) is 11.4 Å². The number of aromatic hydroxyl groups is 1. The van der Waals surface area contributed by atoms with Crippen LogP contribution >= 0.6 is 11.8 Å². The largest absolute Gasteiger partial charge is 0.508 e. The third-order valence-corrected chi connectivity index (χ3v) is 6.24. The smallest absolute Gasteiger partial charge is 0.214 e. The Morgan fingerprint density at radius 1 is 1.29 bits per heavy atom. The Labute approximate surface area is 127 Å². The van der Waals surface area contributed by atoms with Crippen molar-refractivity contribution in [1.29, 1.82) is 0 Å². The minimum Gasteiger partial charge on any atom is -0.508 e. The molecule has 0 aliphatic heterocycles. The van der Waals surface area contributed by atoms with E-state index in [1.165, 1.54) is 28.6 Å². The van der Waals surface area contributed by atoms with Gasteiger partial charge in [-0.15, -0.1) is 5.10 Å². The lowest BCUT2D eigenvalue weighted by Crippen LogP contribution is -2.19. The van der Waals surface area contributed by atoms with Gasteiger partial charge in [-0.25, -0.2) is 8.42 Å². The van der Waals surface area contributed by atoms with Crippen molar-refractivity contribution in [1.82, 2.24) is 20.2 Å². The average Bonchev–Trinajstić information content (AvgIpc) is 2.87. The standard InChI is InChI=1S/C12H16N4O3S2/c1-9(2)21(18,19)8-7-20-12-13-14-15-16(12)10-3-5-11(17)6-4-10/h3-6,9,17H,7-8H2,1-2H3. The van der Waals surface area contributed by atoms with E-state index in [0.29, 0.717) is 16.6 Å². The first-order chi connectivity index (χ1) is 9.90. The highest BCUT2D eigenvalue weighted by atomic mass is 32.2. The van der Waals surface area contributed by atoms with Crippen LogP contribution in [-0.4, -0.2) is 50.5 Å². The molecule has 1 heterocycles. The number of rotatable bonds is 6. The Hall–Kier alpha value is -1.61. The van der Waals surface area contributed by atoms with Gasteiger partial charge in [0, 0.05) is 5.75 Å². The lowest BCUT2D eigenvalue weighted by Gasteiger charge is -2.07. The number of thioether (sulfide) groups is 1. The summed E-state index contributed by atoms with van der Waals surface area (Å²) in [6.07, 6.45) is 0. The average molecular weight is 328 g/mol. The number of sulfone groups is 1. The van der Waals surface area contributed by atoms with Crippen LogP contribution in [0.2, 0.25) is 0 Å². The zero-order valence-electron chi connectivity index (χ0n) is 11.7. The van der Waals surface area contributed by atoms with Crippen molar-refractivity contribution in [2.75, 3.05) is 11.5 Å². The van der Waals surface area contributed by atoms with Crippen molar-refractivity contribution in [2.45, 2.75) is 24.3 Å². The highest BCUT2D eigenvalue weighted by molar-refractivity contribution is 8.00. The number of hydrogen-bond donors (Lipinski definition) is 1. The van der Waals surface area contributed by atoms with Crippen molar-refractivity contribution in [3.63, 3.8) is 0 Å². The topological polar surface area (TPSA) is 98.0 Å². The summed E-state index contributed by atoms with van der Waals surface area (Å²) in [6.45, 7) is 3.33. The van der Waals surface area contributed by atoms with E-state index in [1.807, 2.05) is 0 Å². The van der Waals surface area contributed by atoms with E-state index in [9.17, 15) is 13.5 Å². The first kappa shape index (κ1) is 15.8. The van der Waals surface area contributed by atoms with Gasteiger partial charge in [0.2, 0.25) is 5.16 Å². The molecule has 0 spiro atoms. The molecule has 2 aromatic rings. The predicted molar refractivity (Wildman–Crippen MR) is 80.5 cm³/mol. The summed E-state index contributed by atoms with van der Waals surface area (Å²) in [4.78, 5) is 0. The molecule has 1 N–H and O–H groups in total. The molecule has 114 valence electrons. The number of hydrogen-bond acceptors (Lipinski definition) is 7. The molecule has 0 aliphatic rings. The van der Waals surface area contributed by atoms with Gasteiger partial charge in [-0.05, 0) is 48.5 Å². The Bertz CT molecular complexity index is 696. The van der Waals surface area contributed by atoms with Gasteiger partial charge in [0.1, 0.15) is 5.75 Å². The zero-order chi connectivity index (χ0) is 15.5. The molecule has 7 nitrogen and oxygen atoms in total. The Balaban J connectivity index is 2.06. The van der Waals surface area contributed by atoms with Crippen LogP contribution in [0.4, 0.5) is 0 Å². The quantitative estimate of drug-likeness (QED) is 0.798. The van der Waals surface area contributed by atoms with Crippen LogP contribution in [0.3, 0.4) is 0 Å². The van der Waals surface area contributed by atoms with Gasteiger partial charge >= 0.3 is 0 Å². The van der Waals surface area contributed by atoms with Gasteiger partial charge in [-0.1, -0.05) is 11.8 Å². The van der Waals surface area contributed by atoms with E-state index in [-0.39, 0.29) is 16.8 Å². The summed E-state index contributed by atoms with van der Waals surface area (Å²) in [5.74, 6) is 0.626. The van der Waals surface area contributed by atoms with Gasteiger partial charge < -0.3 is 5.11 Å². The first-order valence-electron chi connectivity index (χ1n) is 6.32. The van der Waals surface area contributed by atoms with Crippen LogP contribution in [0, 0.1) is 0 Å². The van der Waals surface area contributed by atoms with Gasteiger partial charge in [-0.2, -0.15) is 4.68 Å². The normalized spacial score (nSPS) is 12.0. The van der Waals surface area contributed by atoms with E-state index in [4.69, 9.17) is 0 Å². The fourth-order valence-electron chi connectivity index (χ4n) is 1.51. The fraction of sp³-hybridized carbons (Fsp3) is 0.417. The number of aromatic nitrogens is 4. The maximum atomic E-state index is 11.8. The van der Waals surface area contributed by atoms with Crippen LogP contribution < -0.4 is 0 Å². The molecule has 21 heavy (non-hydrogen) atoms. The highest BCUT2D eigenvalue weighted by Crippen LogP contribution is 2.20. The summed E-state index contributed by atoms with van der Waals surface area (Å²) in [5, 5.41) is 20.8. The van der Waals surface area contributed by atoms with E-state index in [2.05, 4.69) is 15.5 Å². The molecule has 0 bridgehead atoms. The maximum Gasteiger partial charge on any atom is 0.214 e. The van der Waals surface area contributed by atoms with Gasteiger partial charge in [-0.3, -0.25) is 0 Å². The molecule has 0 aliphatic carbocycles. The summed E-state index contributed by atoms with van der Waals surface area (Å²) < 4.78 is 25.0. The van der Waals surface area contributed by atoms with Crippen LogP contribution in [0.25, 0.3) is 5.69 Å². The van der Waals surface area contributed by atoms with Crippen LogP contribution in [0.5, 0.6) is 5.75 Å². The number of phenolic OH excluding ortho intramolecular Hbond substituents is 1. The second-order valence-corrected chi connectivity index (χ2v) is 8.39. The number of benzene rings is 1. The van der Waals surface area contributed by atoms with Gasteiger partial charge in [0.25, 0.3) is 0 Å². The summed E-state index contributed by atoms with van der Waals surface area (Å²) in [6, 6.07) is 6.44. The van der Waals surface area contributed by atoms with E-state index < -0.39 is 9.84 Å². The fourth-order valence-corrected chi connectivity index (χ4v) is 3.78. The van der Waals surface area contributed by atoms with Crippen LogP contribution in [-0.2, 0) is 9.84 Å². The Kier molecular flexibility index (Phi) is 4.84. The summed E-state index contributed by atoms with van der Waals surface area (Å²) in [5.41, 5.74) is 0.701. The molecule has 1 aromatic heterocycles. The van der Waals surface area contributed by atoms with E-state index in [0.717, 1.165) is 0 Å². The number of nitrogens with zero attached hydrogens (tertiary/aromatic N) is 4. The minimum atomic E-state index is -3.07. The van der Waals surface area contributed by atoms with Crippen molar-refractivity contribution < 1.29 is 13.5 Å². The van der Waals surface area contributed by atoms with Crippen molar-refractivity contribution >= 4 is 21.6 Å². The van der Waals surface area contributed by atoms with E-state index in [1.54, 1.807) is 26.0 Å². The van der Waals surface area contributed by atoms with Crippen molar-refractivity contribution in [2.24, 2.45) is 0 Å². The lowest BCUT2D eigenvalue weighted by atomic mass is 10.3. The monoisotopic (exact) mass is 328 g/mol. The molecule has 1 aromatic carbocycles. The predicted octanol–water partition coefficient (Wildman–Crippen LogP) is 1.28. The third-order valence-electron chi connectivity index (χ3n) is 2.85. The molecular weight excluding hydrogens is 312 g/mol. The highest BCUT2D eigenvalue weighted by Gasteiger charge is 2.17. The lowest BCUT2D eigenvalue weighted by molar-refractivity contribution is 0.475. The molecule has 0 fully saturated rings. The molecule has 0 saturated heterocycles. The number of phenols is 1. The van der Waals surface area contributed by atoms with Gasteiger partial charge in [0.05, 0.1) is 16.7 Å². The molecule has 0 unspecified atom stereocenters. The van der Waals surface area contributed by atoms with Crippen LogP contribution in [0.1, 0.15) is 13.8 Å². The zero-order valence-corrected chi connectivity index (χ0v) is 13.3. The maximum absolute atomic E-state index is 11.8. The third kappa shape index (κ3) is 3.94. The summed E-state index contributed by atoms with van der Waals surface area (Å²) >= 11 is 1.28. The summed E-state index contributed by atoms with van der Waals surface area (Å²) in [7, 11) is -3.07. The molecule has 0 amide bonds. The van der Waals surface area contributed by atoms with Crippen LogP contribution in [0.15, 0.2) is 29.4 Å². The van der Waals surface area contributed by atoms with Crippen molar-refractivity contribution in [3.05, 3.63) is 24.3 Å². The molecule has 0 atom stereocenters. The molecule has 2 rings (SSSR count). The Morgan fingerprint density at radius 3 is 2.57 bits per heavy atom. The van der Waals surface area contributed by atoms with Gasteiger partial charge in [0.15, 0.2) is 9.84 Å². The first-order valence-corrected chi connectivity index (χ1v) is 9.02. The molecule has 9 heteroatoms. The SMILES string of the molecule is CC(C)S(=O)(=O)CCSc1nnnn1-c1ccc(O)cc1. The Morgan fingerprint density at radius 2 is 1.95 bits per heavy atom. The second-order valence-electron chi connectivity index (χ2n) is 4.65. The molecule has 0 saturated carbocycles. The molecular formula is C12H16N4O3S2. The molecule has 0 radical (unpaired) electrons. The van der Waals surface area contributed by atoms with E-state index >= 15 is 0 Å². The number of tetrazole rings is 1.